The molecule has 29 heavy (non-hydrogen) atoms. The first-order valence-electron chi connectivity index (χ1n) is 9.06. The van der Waals surface area contributed by atoms with E-state index in [1.165, 1.54) is 4.90 Å². The largest absolute Gasteiger partial charge is 0.378 e. The van der Waals surface area contributed by atoms with Gasteiger partial charge in [0.2, 0.25) is 5.91 Å². The number of carbonyl (C=O) groups is 2. The minimum Gasteiger partial charge on any atom is -0.378 e. The van der Waals surface area contributed by atoms with Gasteiger partial charge in [0.1, 0.15) is 6.04 Å². The summed E-state index contributed by atoms with van der Waals surface area (Å²) < 4.78 is 45.2. The molecular weight excluding hydrogens is 387 g/mol. The van der Waals surface area contributed by atoms with Gasteiger partial charge in [-0.05, 0) is 5.56 Å². The van der Waals surface area contributed by atoms with Gasteiger partial charge in [0.05, 0.1) is 13.2 Å². The summed E-state index contributed by atoms with van der Waals surface area (Å²) in [6.07, 6.45) is 0.162. The quantitative estimate of drug-likeness (QED) is 0.749. The highest BCUT2D eigenvalue weighted by molar-refractivity contribution is 5.97. The summed E-state index contributed by atoms with van der Waals surface area (Å²) in [6.45, 7) is 1.58. The average Bonchev–Trinajstić information content (AvgIpc) is 2.72. The second kappa shape index (κ2) is 9.42. The third-order valence-corrected chi connectivity index (χ3v) is 4.45. The lowest BCUT2D eigenvalue weighted by Crippen LogP contribution is -2.53. The van der Waals surface area contributed by atoms with Gasteiger partial charge in [-0.1, -0.05) is 30.3 Å². The molecule has 6 nitrogen and oxygen atoms in total. The lowest BCUT2D eigenvalue weighted by molar-refractivity contribution is -0.118. The van der Waals surface area contributed by atoms with Crippen LogP contribution in [0.3, 0.4) is 0 Å². The summed E-state index contributed by atoms with van der Waals surface area (Å²) in [4.78, 5) is 26.8. The number of nitrogens with one attached hydrogen (secondary N) is 2. The highest BCUT2D eigenvalue weighted by atomic mass is 19.2. The summed E-state index contributed by atoms with van der Waals surface area (Å²) >= 11 is 0. The van der Waals surface area contributed by atoms with Crippen LogP contribution < -0.4 is 10.6 Å². The molecule has 2 aromatic carbocycles. The Morgan fingerprint density at radius 1 is 1.03 bits per heavy atom. The van der Waals surface area contributed by atoms with Gasteiger partial charge in [0.25, 0.3) is 0 Å². The van der Waals surface area contributed by atoms with Crippen molar-refractivity contribution in [3.8, 4) is 0 Å². The predicted molar refractivity (Wildman–Crippen MR) is 99.8 cm³/mol. The van der Waals surface area contributed by atoms with Crippen LogP contribution in [0.2, 0.25) is 0 Å². The molecule has 1 fully saturated rings. The molecule has 1 atom stereocenters. The molecule has 9 heteroatoms. The Kier molecular flexibility index (Phi) is 6.71. The number of hydrogen-bond donors (Lipinski definition) is 2. The number of nitrogens with zero attached hydrogens (tertiary/aromatic N) is 1. The normalized spacial score (nSPS) is 14.9. The predicted octanol–water partition coefficient (Wildman–Crippen LogP) is 2.70. The lowest BCUT2D eigenvalue weighted by atomic mass is 10.1. The molecule has 1 heterocycles. The fourth-order valence-electron chi connectivity index (χ4n) is 2.92. The molecule has 154 valence electrons. The van der Waals surface area contributed by atoms with Crippen molar-refractivity contribution < 1.29 is 27.5 Å². The van der Waals surface area contributed by atoms with Gasteiger partial charge in [-0.25, -0.2) is 18.0 Å². The van der Waals surface area contributed by atoms with Crippen LogP contribution >= 0.6 is 0 Å². The first-order chi connectivity index (χ1) is 13.9. The molecule has 3 amide bonds. The molecule has 0 saturated carbocycles. The van der Waals surface area contributed by atoms with Gasteiger partial charge in [0, 0.05) is 37.3 Å². The molecule has 2 N–H and O–H groups in total. The van der Waals surface area contributed by atoms with Crippen molar-refractivity contribution in [3.63, 3.8) is 0 Å². The van der Waals surface area contributed by atoms with Crippen molar-refractivity contribution in [2.75, 3.05) is 31.6 Å². The van der Waals surface area contributed by atoms with Gasteiger partial charge >= 0.3 is 6.03 Å². The summed E-state index contributed by atoms with van der Waals surface area (Å²) in [5, 5.41) is 4.99. The monoisotopic (exact) mass is 407 g/mol. The van der Waals surface area contributed by atoms with Gasteiger partial charge in [0.15, 0.2) is 17.5 Å². The minimum atomic E-state index is -1.62. The molecule has 1 saturated heterocycles. The van der Waals surface area contributed by atoms with E-state index in [0.29, 0.717) is 38.4 Å². The first kappa shape index (κ1) is 20.7. The van der Waals surface area contributed by atoms with Crippen molar-refractivity contribution in [2.45, 2.75) is 12.5 Å². The van der Waals surface area contributed by atoms with E-state index < -0.39 is 35.4 Å². The van der Waals surface area contributed by atoms with Crippen LogP contribution in [0.25, 0.3) is 0 Å². The first-order valence-corrected chi connectivity index (χ1v) is 9.06. The van der Waals surface area contributed by atoms with Gasteiger partial charge < -0.3 is 20.3 Å². The smallest absolute Gasteiger partial charge is 0.318 e. The van der Waals surface area contributed by atoms with E-state index in [4.69, 9.17) is 4.74 Å². The minimum absolute atomic E-state index is 0.162. The molecule has 1 aliphatic heterocycles. The molecule has 0 aromatic heterocycles. The maximum atomic E-state index is 13.4. The maximum absolute atomic E-state index is 13.4. The molecule has 0 aliphatic carbocycles. The van der Waals surface area contributed by atoms with Crippen molar-refractivity contribution in [3.05, 3.63) is 65.5 Å². The van der Waals surface area contributed by atoms with Crippen molar-refractivity contribution >= 4 is 17.6 Å². The number of carbonyl (C=O) groups excluding carboxylic acids is 2. The Morgan fingerprint density at radius 2 is 1.66 bits per heavy atom. The summed E-state index contributed by atoms with van der Waals surface area (Å²) in [6, 6.07) is 8.88. The molecule has 3 rings (SSSR count). The number of benzene rings is 2. The fourth-order valence-corrected chi connectivity index (χ4v) is 2.92. The highest BCUT2D eigenvalue weighted by Crippen LogP contribution is 2.18. The zero-order valence-corrected chi connectivity index (χ0v) is 15.5. The Bertz CT molecular complexity index is 851. The number of anilines is 1. The van der Waals surface area contributed by atoms with E-state index >= 15 is 0 Å². The van der Waals surface area contributed by atoms with Gasteiger partial charge in [-0.2, -0.15) is 0 Å². The van der Waals surface area contributed by atoms with E-state index in [1.807, 2.05) is 6.07 Å². The van der Waals surface area contributed by atoms with Crippen molar-refractivity contribution in [1.29, 1.82) is 0 Å². The number of halogens is 3. The zero-order chi connectivity index (χ0) is 20.8. The van der Waals surface area contributed by atoms with Crippen LogP contribution in [-0.4, -0.2) is 49.2 Å². The van der Waals surface area contributed by atoms with E-state index in [0.717, 1.165) is 5.56 Å². The molecular formula is C20H20F3N3O3. The molecule has 2 aromatic rings. The van der Waals surface area contributed by atoms with Crippen LogP contribution in [0.5, 0.6) is 0 Å². The number of amides is 3. The van der Waals surface area contributed by atoms with E-state index in [9.17, 15) is 22.8 Å². The fraction of sp³-hybridized carbons (Fsp3) is 0.300. The Morgan fingerprint density at radius 3 is 2.28 bits per heavy atom. The zero-order valence-electron chi connectivity index (χ0n) is 15.5. The van der Waals surface area contributed by atoms with E-state index in [1.54, 1.807) is 24.3 Å². The number of ether oxygens (including phenoxy) is 1. The molecule has 0 unspecified atom stereocenters. The maximum Gasteiger partial charge on any atom is 0.318 e. The van der Waals surface area contributed by atoms with Crippen LogP contribution in [0.15, 0.2) is 42.5 Å². The number of urea groups is 1. The Balaban J connectivity index is 1.75. The highest BCUT2D eigenvalue weighted by Gasteiger charge is 2.25. The number of rotatable bonds is 5. The summed E-state index contributed by atoms with van der Waals surface area (Å²) in [7, 11) is 0. The third kappa shape index (κ3) is 5.47. The molecule has 0 spiro atoms. The Labute approximate surface area is 165 Å². The lowest BCUT2D eigenvalue weighted by Gasteiger charge is -2.29. The summed E-state index contributed by atoms with van der Waals surface area (Å²) in [5.74, 6) is -5.14. The van der Waals surface area contributed by atoms with Crippen LogP contribution in [0, 0.1) is 17.5 Å². The Hall–Kier alpha value is -3.07. The van der Waals surface area contributed by atoms with Gasteiger partial charge in [-0.3, -0.25) is 4.79 Å². The van der Waals surface area contributed by atoms with Crippen molar-refractivity contribution in [2.24, 2.45) is 0 Å². The molecule has 1 aliphatic rings. The van der Waals surface area contributed by atoms with E-state index in [-0.39, 0.29) is 12.1 Å². The average molecular weight is 407 g/mol. The summed E-state index contributed by atoms with van der Waals surface area (Å²) in [5.41, 5.74) is 0.538. The third-order valence-electron chi connectivity index (χ3n) is 4.45. The standard InChI is InChI=1S/C20H20F3N3O3/c21-15-11-14(12-16(22)18(15)23)24-19(27)17(10-13-4-2-1-3-5-13)25-20(28)26-6-8-29-9-7-26/h1-5,11-12,17H,6-10H2,(H,24,27)(H,25,28)/t17-/m0/s1. The number of morpholine rings is 1. The molecule has 0 bridgehead atoms. The van der Waals surface area contributed by atoms with Gasteiger partial charge in [-0.15, -0.1) is 0 Å². The van der Waals surface area contributed by atoms with E-state index in [2.05, 4.69) is 10.6 Å². The van der Waals surface area contributed by atoms with Crippen LogP contribution in [-0.2, 0) is 16.0 Å². The van der Waals surface area contributed by atoms with Crippen LogP contribution in [0.1, 0.15) is 5.56 Å². The second-order valence-corrected chi connectivity index (χ2v) is 6.53. The van der Waals surface area contributed by atoms with Crippen molar-refractivity contribution in [1.82, 2.24) is 10.2 Å². The van der Waals surface area contributed by atoms with Crippen LogP contribution in [0.4, 0.5) is 23.7 Å². The SMILES string of the molecule is O=C(Nc1cc(F)c(F)c(F)c1)[C@H](Cc1ccccc1)NC(=O)N1CCOCC1. The topological polar surface area (TPSA) is 70.7 Å². The second-order valence-electron chi connectivity index (χ2n) is 6.53. The number of hydrogen-bond acceptors (Lipinski definition) is 3. The molecule has 0 radical (unpaired) electrons.